The van der Waals surface area contributed by atoms with Gasteiger partial charge < -0.3 is 14.3 Å². The Morgan fingerprint density at radius 3 is 2.76 bits per heavy atom. The molecule has 0 radical (unpaired) electrons. The molecule has 0 bridgehead atoms. The fourth-order valence-corrected chi connectivity index (χ4v) is 3.79. The van der Waals surface area contributed by atoms with E-state index in [0.29, 0.717) is 11.7 Å². The van der Waals surface area contributed by atoms with Crippen LogP contribution in [0.5, 0.6) is 0 Å². The smallest absolute Gasteiger partial charge is 0.211 e. The summed E-state index contributed by atoms with van der Waals surface area (Å²) in [7, 11) is 0. The minimum atomic E-state index is 0.393. The standard InChI is InChI=1S/C19H21N3O2S/c1-15-2-5-17(24-15)6-9-19(12-22-11-10-20-13-22)25-18-7-3-16(4-8-18)21-14-23/h2-5,7-8,10-11,13-14,19H,6,9,12H2,1H3,(H,21,23). The lowest BCUT2D eigenvalue weighted by Crippen LogP contribution is -2.13. The van der Waals surface area contributed by atoms with Gasteiger partial charge in [-0.3, -0.25) is 4.79 Å². The number of amides is 1. The van der Waals surface area contributed by atoms with Crippen LogP contribution in [0.1, 0.15) is 17.9 Å². The number of benzene rings is 1. The van der Waals surface area contributed by atoms with Crippen molar-refractivity contribution < 1.29 is 9.21 Å². The van der Waals surface area contributed by atoms with E-state index in [9.17, 15) is 4.79 Å². The molecule has 1 aromatic carbocycles. The maximum absolute atomic E-state index is 10.5. The molecule has 1 N–H and O–H groups in total. The van der Waals surface area contributed by atoms with Gasteiger partial charge in [-0.2, -0.15) is 0 Å². The molecule has 2 aromatic heterocycles. The highest BCUT2D eigenvalue weighted by molar-refractivity contribution is 8.00. The number of furan rings is 1. The van der Waals surface area contributed by atoms with Gasteiger partial charge in [0.1, 0.15) is 11.5 Å². The number of aromatic nitrogens is 2. The van der Waals surface area contributed by atoms with Crippen molar-refractivity contribution in [1.29, 1.82) is 0 Å². The number of thioether (sulfide) groups is 1. The Bertz CT molecular complexity index is 781. The molecule has 25 heavy (non-hydrogen) atoms. The maximum atomic E-state index is 10.5. The number of hydrogen-bond acceptors (Lipinski definition) is 4. The molecule has 5 nitrogen and oxygen atoms in total. The molecule has 6 heteroatoms. The highest BCUT2D eigenvalue weighted by atomic mass is 32.2. The summed E-state index contributed by atoms with van der Waals surface area (Å²) in [5, 5.41) is 3.05. The molecule has 130 valence electrons. The lowest BCUT2D eigenvalue weighted by molar-refractivity contribution is -0.105. The van der Waals surface area contributed by atoms with E-state index in [1.165, 1.54) is 4.90 Å². The molecule has 0 spiro atoms. The van der Waals surface area contributed by atoms with Crippen molar-refractivity contribution in [3.63, 3.8) is 0 Å². The number of imidazole rings is 1. The van der Waals surface area contributed by atoms with Crippen LogP contribution in [-0.2, 0) is 17.8 Å². The molecular formula is C19H21N3O2S. The lowest BCUT2D eigenvalue weighted by Gasteiger charge is -2.17. The van der Waals surface area contributed by atoms with E-state index in [0.717, 1.165) is 36.6 Å². The first-order chi connectivity index (χ1) is 12.2. The molecule has 0 saturated heterocycles. The van der Waals surface area contributed by atoms with E-state index < -0.39 is 0 Å². The fourth-order valence-electron chi connectivity index (χ4n) is 2.63. The maximum Gasteiger partial charge on any atom is 0.211 e. The quantitative estimate of drug-likeness (QED) is 0.463. The van der Waals surface area contributed by atoms with Gasteiger partial charge in [0.2, 0.25) is 6.41 Å². The second-order valence-corrected chi connectivity index (χ2v) is 7.21. The predicted molar refractivity (Wildman–Crippen MR) is 99.8 cm³/mol. The number of carbonyl (C=O) groups is 1. The average Bonchev–Trinajstić information content (AvgIpc) is 3.26. The Morgan fingerprint density at radius 2 is 2.12 bits per heavy atom. The van der Waals surface area contributed by atoms with Gasteiger partial charge in [-0.05, 0) is 49.7 Å². The van der Waals surface area contributed by atoms with Crippen molar-refractivity contribution in [2.45, 2.75) is 36.5 Å². The summed E-state index contributed by atoms with van der Waals surface area (Å²) < 4.78 is 7.80. The first-order valence-electron chi connectivity index (χ1n) is 8.21. The number of carbonyl (C=O) groups excluding carboxylic acids is 1. The minimum absolute atomic E-state index is 0.393. The molecule has 1 amide bonds. The van der Waals surface area contributed by atoms with E-state index >= 15 is 0 Å². The molecule has 3 rings (SSSR count). The highest BCUT2D eigenvalue weighted by Gasteiger charge is 2.13. The molecule has 2 heterocycles. The normalized spacial score (nSPS) is 12.0. The third kappa shape index (κ3) is 5.26. The third-order valence-electron chi connectivity index (χ3n) is 3.87. The van der Waals surface area contributed by atoms with E-state index in [4.69, 9.17) is 4.42 Å². The summed E-state index contributed by atoms with van der Waals surface area (Å²) in [6.45, 7) is 2.86. The Kier molecular flexibility index (Phi) is 5.95. The topological polar surface area (TPSA) is 60.1 Å². The summed E-state index contributed by atoms with van der Waals surface area (Å²) in [5.41, 5.74) is 0.802. The van der Waals surface area contributed by atoms with Crippen LogP contribution in [0.2, 0.25) is 0 Å². The molecule has 0 saturated carbocycles. The first-order valence-corrected chi connectivity index (χ1v) is 9.09. The SMILES string of the molecule is Cc1ccc(CCC(Cn2ccnc2)Sc2ccc(NC=O)cc2)o1. The van der Waals surface area contributed by atoms with Crippen LogP contribution in [0.3, 0.4) is 0 Å². The fraction of sp³-hybridized carbons (Fsp3) is 0.263. The summed E-state index contributed by atoms with van der Waals surface area (Å²) >= 11 is 1.83. The van der Waals surface area contributed by atoms with Crippen molar-refractivity contribution in [3.05, 3.63) is 66.6 Å². The lowest BCUT2D eigenvalue weighted by atomic mass is 10.2. The largest absolute Gasteiger partial charge is 0.466 e. The van der Waals surface area contributed by atoms with E-state index in [1.807, 2.05) is 67.6 Å². The first kappa shape index (κ1) is 17.4. The molecule has 3 aromatic rings. The summed E-state index contributed by atoms with van der Waals surface area (Å²) in [6.07, 6.45) is 8.24. The van der Waals surface area contributed by atoms with Crippen LogP contribution in [-0.4, -0.2) is 21.2 Å². The van der Waals surface area contributed by atoms with Crippen molar-refractivity contribution in [1.82, 2.24) is 9.55 Å². The van der Waals surface area contributed by atoms with E-state index in [2.05, 4.69) is 14.9 Å². The highest BCUT2D eigenvalue weighted by Crippen LogP contribution is 2.29. The van der Waals surface area contributed by atoms with E-state index in [1.54, 1.807) is 6.20 Å². The number of nitrogens with zero attached hydrogens (tertiary/aromatic N) is 2. The Labute approximate surface area is 151 Å². The Morgan fingerprint density at radius 1 is 1.28 bits per heavy atom. The number of anilines is 1. The number of aryl methyl sites for hydroxylation is 2. The molecule has 0 fully saturated rings. The van der Waals surface area contributed by atoms with Crippen LogP contribution in [0.15, 0.2) is 64.4 Å². The molecule has 0 aliphatic heterocycles. The van der Waals surface area contributed by atoms with Gasteiger partial charge in [0.05, 0.1) is 6.33 Å². The zero-order valence-corrected chi connectivity index (χ0v) is 14.9. The third-order valence-corrected chi connectivity index (χ3v) is 5.13. The van der Waals surface area contributed by atoms with Crippen LogP contribution in [0.4, 0.5) is 5.69 Å². The van der Waals surface area contributed by atoms with Gasteiger partial charge in [0, 0.05) is 41.2 Å². The summed E-state index contributed by atoms with van der Waals surface area (Å²) in [5.74, 6) is 1.98. The number of nitrogens with one attached hydrogen (secondary N) is 1. The van der Waals surface area contributed by atoms with Crippen LogP contribution in [0.25, 0.3) is 0 Å². The van der Waals surface area contributed by atoms with Crippen molar-refractivity contribution in [3.8, 4) is 0 Å². The van der Waals surface area contributed by atoms with Crippen molar-refractivity contribution >= 4 is 23.9 Å². The Hall–Kier alpha value is -2.47. The van der Waals surface area contributed by atoms with Gasteiger partial charge in [0.15, 0.2) is 0 Å². The monoisotopic (exact) mass is 355 g/mol. The molecule has 1 unspecified atom stereocenters. The zero-order chi connectivity index (χ0) is 17.5. The van der Waals surface area contributed by atoms with Gasteiger partial charge in [-0.25, -0.2) is 4.98 Å². The van der Waals surface area contributed by atoms with Gasteiger partial charge in [-0.1, -0.05) is 0 Å². The predicted octanol–water partition coefficient (Wildman–Crippen LogP) is 4.15. The summed E-state index contributed by atoms with van der Waals surface area (Å²) in [4.78, 5) is 15.8. The average molecular weight is 355 g/mol. The van der Waals surface area contributed by atoms with Gasteiger partial charge in [-0.15, -0.1) is 11.8 Å². The molecule has 0 aliphatic rings. The minimum Gasteiger partial charge on any atom is -0.466 e. The van der Waals surface area contributed by atoms with Crippen molar-refractivity contribution in [2.75, 3.05) is 5.32 Å². The second-order valence-electron chi connectivity index (χ2n) is 5.84. The second kappa shape index (κ2) is 8.58. The zero-order valence-electron chi connectivity index (χ0n) is 14.1. The van der Waals surface area contributed by atoms with Crippen molar-refractivity contribution in [2.24, 2.45) is 0 Å². The van der Waals surface area contributed by atoms with Crippen LogP contribution >= 0.6 is 11.8 Å². The Balaban J connectivity index is 1.65. The van der Waals surface area contributed by atoms with Gasteiger partial charge >= 0.3 is 0 Å². The van der Waals surface area contributed by atoms with E-state index in [-0.39, 0.29) is 0 Å². The summed E-state index contributed by atoms with van der Waals surface area (Å²) in [6, 6.07) is 12.0. The van der Waals surface area contributed by atoms with Crippen LogP contribution in [0, 0.1) is 6.92 Å². The molecule has 0 aliphatic carbocycles. The van der Waals surface area contributed by atoms with Gasteiger partial charge in [0.25, 0.3) is 0 Å². The van der Waals surface area contributed by atoms with Crippen LogP contribution < -0.4 is 5.32 Å². The molecule has 1 atom stereocenters. The number of rotatable bonds is 9. The number of hydrogen-bond donors (Lipinski definition) is 1. The molecular weight excluding hydrogens is 334 g/mol.